The molecule has 0 unspecified atom stereocenters. The summed E-state index contributed by atoms with van der Waals surface area (Å²) < 4.78 is 0. The molecular weight excluding hydrogens is 286 g/mol. The third kappa shape index (κ3) is 4.70. The van der Waals surface area contributed by atoms with Crippen molar-refractivity contribution in [2.45, 2.75) is 19.3 Å². The van der Waals surface area contributed by atoms with Crippen LogP contribution in [0.1, 0.15) is 19.3 Å². The summed E-state index contributed by atoms with van der Waals surface area (Å²) >= 11 is 0. The molecule has 22 heavy (non-hydrogen) atoms. The van der Waals surface area contributed by atoms with Crippen molar-refractivity contribution in [3.63, 3.8) is 0 Å². The Morgan fingerprint density at radius 2 is 2.05 bits per heavy atom. The van der Waals surface area contributed by atoms with E-state index in [0.29, 0.717) is 18.8 Å². The molecule has 7 nitrogen and oxygen atoms in total. The van der Waals surface area contributed by atoms with Crippen LogP contribution in [0, 0.1) is 10.1 Å². The molecule has 0 saturated carbocycles. The fraction of sp³-hybridized carbons (Fsp3) is 0.533. The van der Waals surface area contributed by atoms with Gasteiger partial charge in [0.25, 0.3) is 5.69 Å². The molecule has 0 bridgehead atoms. The van der Waals surface area contributed by atoms with E-state index in [0.717, 1.165) is 19.6 Å². The average molecular weight is 307 g/mol. The topological polar surface area (TPSA) is 86.9 Å². The highest BCUT2D eigenvalue weighted by atomic mass is 16.6. The third-order valence-corrected chi connectivity index (χ3v) is 3.89. The number of carboxylic acids is 1. The maximum absolute atomic E-state index is 10.9. The minimum Gasteiger partial charge on any atom is -0.481 e. The highest BCUT2D eigenvalue weighted by molar-refractivity contribution is 5.67. The van der Waals surface area contributed by atoms with Gasteiger partial charge in [-0.3, -0.25) is 14.9 Å². The number of nitro benzene ring substituents is 1. The van der Waals surface area contributed by atoms with Crippen molar-refractivity contribution in [1.29, 1.82) is 0 Å². The highest BCUT2D eigenvalue weighted by Crippen LogP contribution is 2.21. The zero-order chi connectivity index (χ0) is 15.9. The molecule has 1 aromatic carbocycles. The SMILES string of the molecule is O=C(O)CCN(CCN1CCCC1)c1cccc([N+](=O)[O-])c1. The van der Waals surface area contributed by atoms with Gasteiger partial charge in [0, 0.05) is 37.5 Å². The van der Waals surface area contributed by atoms with E-state index in [1.807, 2.05) is 4.90 Å². The van der Waals surface area contributed by atoms with Crippen LogP contribution in [0.2, 0.25) is 0 Å². The molecule has 1 N–H and O–H groups in total. The molecular formula is C15H21N3O4. The summed E-state index contributed by atoms with van der Waals surface area (Å²) in [5, 5.41) is 19.8. The summed E-state index contributed by atoms with van der Waals surface area (Å²) in [6.07, 6.45) is 2.42. The van der Waals surface area contributed by atoms with Crippen molar-refractivity contribution in [2.24, 2.45) is 0 Å². The molecule has 120 valence electrons. The average Bonchev–Trinajstić information content (AvgIpc) is 3.00. The number of benzene rings is 1. The number of hydrogen-bond acceptors (Lipinski definition) is 5. The zero-order valence-corrected chi connectivity index (χ0v) is 12.5. The van der Waals surface area contributed by atoms with Crippen molar-refractivity contribution in [1.82, 2.24) is 4.90 Å². The maximum atomic E-state index is 10.9. The van der Waals surface area contributed by atoms with E-state index >= 15 is 0 Å². The fourth-order valence-corrected chi connectivity index (χ4v) is 2.67. The van der Waals surface area contributed by atoms with E-state index in [1.54, 1.807) is 12.1 Å². The lowest BCUT2D eigenvalue weighted by Crippen LogP contribution is -2.35. The van der Waals surface area contributed by atoms with Crippen LogP contribution >= 0.6 is 0 Å². The first-order valence-electron chi connectivity index (χ1n) is 7.50. The summed E-state index contributed by atoms with van der Waals surface area (Å²) in [5.41, 5.74) is 0.730. The van der Waals surface area contributed by atoms with Gasteiger partial charge >= 0.3 is 5.97 Å². The van der Waals surface area contributed by atoms with Crippen LogP contribution in [0.4, 0.5) is 11.4 Å². The summed E-state index contributed by atoms with van der Waals surface area (Å²) in [5.74, 6) is -0.864. The van der Waals surface area contributed by atoms with Crippen LogP contribution in [0.25, 0.3) is 0 Å². The molecule has 0 radical (unpaired) electrons. The molecule has 7 heteroatoms. The Morgan fingerprint density at radius 1 is 1.32 bits per heavy atom. The number of carbonyl (C=O) groups is 1. The lowest BCUT2D eigenvalue weighted by atomic mass is 10.2. The van der Waals surface area contributed by atoms with Gasteiger partial charge in [-0.15, -0.1) is 0 Å². The predicted molar refractivity (Wildman–Crippen MR) is 83.2 cm³/mol. The molecule has 1 aliphatic heterocycles. The second-order valence-corrected chi connectivity index (χ2v) is 5.46. The number of likely N-dealkylation sites (tertiary alicyclic amines) is 1. The van der Waals surface area contributed by atoms with Crippen LogP contribution in [0.15, 0.2) is 24.3 Å². The molecule has 0 aliphatic carbocycles. The van der Waals surface area contributed by atoms with E-state index < -0.39 is 10.9 Å². The van der Waals surface area contributed by atoms with E-state index in [-0.39, 0.29) is 12.1 Å². The number of hydrogen-bond donors (Lipinski definition) is 1. The molecule has 1 aromatic rings. The van der Waals surface area contributed by atoms with Gasteiger partial charge in [0.15, 0.2) is 0 Å². The second kappa shape index (κ2) is 7.74. The summed E-state index contributed by atoms with van der Waals surface area (Å²) in [4.78, 5) is 25.5. The van der Waals surface area contributed by atoms with Crippen LogP contribution in [0.5, 0.6) is 0 Å². The standard InChI is InChI=1S/C15H21N3O4/c19-15(20)6-9-17(11-10-16-7-1-2-8-16)13-4-3-5-14(12-13)18(21)22/h3-5,12H,1-2,6-11H2,(H,19,20). The second-order valence-electron chi connectivity index (χ2n) is 5.46. The van der Waals surface area contributed by atoms with Gasteiger partial charge in [0.2, 0.25) is 0 Å². The number of anilines is 1. The maximum Gasteiger partial charge on any atom is 0.305 e. The third-order valence-electron chi connectivity index (χ3n) is 3.89. The Labute approximate surface area is 129 Å². The minimum atomic E-state index is -0.864. The van der Waals surface area contributed by atoms with Crippen molar-refractivity contribution < 1.29 is 14.8 Å². The Hall–Kier alpha value is -2.15. The number of aliphatic carboxylic acids is 1. The molecule has 0 amide bonds. The van der Waals surface area contributed by atoms with E-state index in [4.69, 9.17) is 5.11 Å². The first kappa shape index (κ1) is 16.2. The first-order valence-corrected chi connectivity index (χ1v) is 7.50. The van der Waals surface area contributed by atoms with Crippen molar-refractivity contribution >= 4 is 17.3 Å². The van der Waals surface area contributed by atoms with E-state index in [1.165, 1.54) is 25.0 Å². The summed E-state index contributed by atoms with van der Waals surface area (Å²) in [7, 11) is 0. The number of nitrogens with zero attached hydrogens (tertiary/aromatic N) is 3. The van der Waals surface area contributed by atoms with Gasteiger partial charge in [-0.2, -0.15) is 0 Å². The molecule has 1 aliphatic rings. The molecule has 0 atom stereocenters. The lowest BCUT2D eigenvalue weighted by Gasteiger charge is -2.26. The van der Waals surface area contributed by atoms with Gasteiger partial charge < -0.3 is 14.9 Å². The number of nitro groups is 1. The smallest absolute Gasteiger partial charge is 0.305 e. The number of non-ortho nitro benzene ring substituents is 1. The minimum absolute atomic E-state index is 0.0166. The molecule has 1 heterocycles. The number of rotatable bonds is 8. The Bertz CT molecular complexity index is 529. The summed E-state index contributed by atoms with van der Waals surface area (Å²) in [6, 6.07) is 6.38. The largest absolute Gasteiger partial charge is 0.481 e. The van der Waals surface area contributed by atoms with Crippen molar-refractivity contribution in [3.8, 4) is 0 Å². The van der Waals surface area contributed by atoms with Crippen LogP contribution < -0.4 is 4.90 Å². The van der Waals surface area contributed by atoms with Gasteiger partial charge in [-0.1, -0.05) is 6.07 Å². The van der Waals surface area contributed by atoms with Crippen molar-refractivity contribution in [2.75, 3.05) is 37.6 Å². The highest BCUT2D eigenvalue weighted by Gasteiger charge is 2.16. The molecule has 1 fully saturated rings. The monoisotopic (exact) mass is 307 g/mol. The van der Waals surface area contributed by atoms with Crippen LogP contribution in [-0.4, -0.2) is 53.6 Å². The molecule has 2 rings (SSSR count). The quantitative estimate of drug-likeness (QED) is 0.583. The van der Waals surface area contributed by atoms with E-state index in [2.05, 4.69) is 4.90 Å². The summed E-state index contributed by atoms with van der Waals surface area (Å²) in [6.45, 7) is 4.02. The van der Waals surface area contributed by atoms with Crippen molar-refractivity contribution in [3.05, 3.63) is 34.4 Å². The van der Waals surface area contributed by atoms with Crippen LogP contribution in [-0.2, 0) is 4.79 Å². The molecule has 1 saturated heterocycles. The molecule has 0 aromatic heterocycles. The normalized spacial score (nSPS) is 14.9. The van der Waals surface area contributed by atoms with Crippen LogP contribution in [0.3, 0.4) is 0 Å². The lowest BCUT2D eigenvalue weighted by molar-refractivity contribution is -0.384. The Kier molecular flexibility index (Phi) is 5.71. The Morgan fingerprint density at radius 3 is 2.68 bits per heavy atom. The zero-order valence-electron chi connectivity index (χ0n) is 12.5. The Balaban J connectivity index is 2.06. The number of carboxylic acid groups (broad SMARTS) is 1. The molecule has 0 spiro atoms. The van der Waals surface area contributed by atoms with Gasteiger partial charge in [-0.25, -0.2) is 0 Å². The first-order chi connectivity index (χ1) is 10.6. The fourth-order valence-electron chi connectivity index (χ4n) is 2.67. The van der Waals surface area contributed by atoms with Gasteiger partial charge in [0.05, 0.1) is 11.3 Å². The predicted octanol–water partition coefficient (Wildman–Crippen LogP) is 1.97. The van der Waals surface area contributed by atoms with E-state index in [9.17, 15) is 14.9 Å². The van der Waals surface area contributed by atoms with Gasteiger partial charge in [-0.05, 0) is 32.0 Å². The van der Waals surface area contributed by atoms with Gasteiger partial charge in [0.1, 0.15) is 0 Å².